The second kappa shape index (κ2) is 8.75. The molecular weight excluding hydrogens is 430 g/mol. The summed E-state index contributed by atoms with van der Waals surface area (Å²) in [5.74, 6) is -1.57. The summed E-state index contributed by atoms with van der Waals surface area (Å²) in [4.78, 5) is 11.8. The molecule has 0 aromatic heterocycles. The summed E-state index contributed by atoms with van der Waals surface area (Å²) in [5.41, 5.74) is 0.342. The number of ether oxygens (including phenoxy) is 1. The molecule has 1 atom stereocenters. The number of carbonyl (C=O) groups is 1. The Hall–Kier alpha value is -1.71. The maximum atomic E-state index is 14.1. The fourth-order valence-corrected chi connectivity index (χ4v) is 4.18. The maximum Gasteiger partial charge on any atom is 0.255 e. The van der Waals surface area contributed by atoms with Gasteiger partial charge in [-0.05, 0) is 49.2 Å². The molecule has 0 aliphatic carbocycles. The fourth-order valence-electron chi connectivity index (χ4n) is 2.71. The van der Waals surface area contributed by atoms with Gasteiger partial charge in [-0.2, -0.15) is 0 Å². The highest BCUT2D eigenvalue weighted by molar-refractivity contribution is 7.89. The number of hydrogen-bond acceptors (Lipinski definition) is 4. The van der Waals surface area contributed by atoms with Gasteiger partial charge in [-0.25, -0.2) is 17.5 Å². The zero-order chi connectivity index (χ0) is 20.3. The Morgan fingerprint density at radius 2 is 1.96 bits per heavy atom. The van der Waals surface area contributed by atoms with Crippen LogP contribution in [-0.2, 0) is 14.8 Å². The number of halogens is 3. The molecule has 1 aliphatic rings. The zero-order valence-electron chi connectivity index (χ0n) is 14.5. The number of amides is 1. The van der Waals surface area contributed by atoms with Crippen LogP contribution in [0.5, 0.6) is 0 Å². The van der Waals surface area contributed by atoms with Gasteiger partial charge in [-0.15, -0.1) is 0 Å². The van der Waals surface area contributed by atoms with Crippen molar-refractivity contribution in [3.05, 3.63) is 57.8 Å². The van der Waals surface area contributed by atoms with Gasteiger partial charge in [0.2, 0.25) is 10.0 Å². The van der Waals surface area contributed by atoms with E-state index in [0.29, 0.717) is 17.3 Å². The minimum absolute atomic E-state index is 0.0232. The molecule has 1 unspecified atom stereocenters. The van der Waals surface area contributed by atoms with Gasteiger partial charge in [-0.3, -0.25) is 4.79 Å². The van der Waals surface area contributed by atoms with Crippen molar-refractivity contribution in [1.29, 1.82) is 0 Å². The molecule has 1 fully saturated rings. The molecule has 28 heavy (non-hydrogen) atoms. The second-order valence-corrected chi connectivity index (χ2v) is 8.76. The summed E-state index contributed by atoms with van der Waals surface area (Å²) < 4.78 is 46.7. The Balaban J connectivity index is 1.77. The Labute approximate surface area is 172 Å². The number of carbonyl (C=O) groups excluding carboxylic acids is 1. The van der Waals surface area contributed by atoms with Gasteiger partial charge in [0, 0.05) is 24.4 Å². The number of benzene rings is 2. The highest BCUT2D eigenvalue weighted by atomic mass is 35.5. The quantitative estimate of drug-likeness (QED) is 0.705. The van der Waals surface area contributed by atoms with E-state index in [2.05, 4.69) is 10.0 Å². The molecule has 0 radical (unpaired) electrons. The van der Waals surface area contributed by atoms with Crippen molar-refractivity contribution in [1.82, 2.24) is 4.72 Å². The SMILES string of the molecule is O=C(Nc1ccc(Cl)c(Cl)c1)c1ccc(F)c(S(=O)(=O)NCC2CCCO2)c1. The first-order valence-electron chi connectivity index (χ1n) is 8.43. The first-order chi connectivity index (χ1) is 13.3. The van der Waals surface area contributed by atoms with Gasteiger partial charge in [-0.1, -0.05) is 23.2 Å². The molecule has 150 valence electrons. The van der Waals surface area contributed by atoms with Gasteiger partial charge in [0.15, 0.2) is 0 Å². The smallest absolute Gasteiger partial charge is 0.255 e. The number of anilines is 1. The van der Waals surface area contributed by atoms with Crippen molar-refractivity contribution in [3.63, 3.8) is 0 Å². The summed E-state index contributed by atoms with van der Waals surface area (Å²) in [6.07, 6.45) is 1.35. The zero-order valence-corrected chi connectivity index (χ0v) is 16.9. The predicted octanol–water partition coefficient (Wildman–Crippen LogP) is 3.84. The molecule has 0 bridgehead atoms. The van der Waals surface area contributed by atoms with Crippen LogP contribution in [0.4, 0.5) is 10.1 Å². The van der Waals surface area contributed by atoms with E-state index in [-0.39, 0.29) is 23.2 Å². The Bertz CT molecular complexity index is 995. The van der Waals surface area contributed by atoms with Crippen molar-refractivity contribution in [2.75, 3.05) is 18.5 Å². The summed E-state index contributed by atoms with van der Waals surface area (Å²) in [6.45, 7) is 0.618. The van der Waals surface area contributed by atoms with Crippen LogP contribution < -0.4 is 10.0 Å². The molecule has 2 aromatic rings. The third-order valence-corrected chi connectivity index (χ3v) is 6.36. The largest absolute Gasteiger partial charge is 0.377 e. The molecule has 3 rings (SSSR count). The van der Waals surface area contributed by atoms with Gasteiger partial charge in [0.1, 0.15) is 10.7 Å². The average molecular weight is 447 g/mol. The monoisotopic (exact) mass is 446 g/mol. The van der Waals surface area contributed by atoms with Crippen LogP contribution in [0.25, 0.3) is 0 Å². The predicted molar refractivity (Wildman–Crippen MR) is 105 cm³/mol. The van der Waals surface area contributed by atoms with Gasteiger partial charge < -0.3 is 10.1 Å². The molecule has 0 saturated carbocycles. The van der Waals surface area contributed by atoms with Crippen LogP contribution in [0.2, 0.25) is 10.0 Å². The van der Waals surface area contributed by atoms with Crippen LogP contribution in [0.15, 0.2) is 41.3 Å². The third-order valence-electron chi connectivity index (χ3n) is 4.19. The molecule has 1 saturated heterocycles. The lowest BCUT2D eigenvalue weighted by Crippen LogP contribution is -2.32. The number of hydrogen-bond donors (Lipinski definition) is 2. The first kappa shape index (κ1) is 21.0. The van der Waals surface area contributed by atoms with E-state index < -0.39 is 26.6 Å². The van der Waals surface area contributed by atoms with Crippen molar-refractivity contribution >= 4 is 44.8 Å². The molecule has 1 aliphatic heterocycles. The molecular formula is C18H17Cl2FN2O4S. The molecule has 1 heterocycles. The van der Waals surface area contributed by atoms with Crippen LogP contribution >= 0.6 is 23.2 Å². The van der Waals surface area contributed by atoms with E-state index in [1.54, 1.807) is 0 Å². The summed E-state index contributed by atoms with van der Waals surface area (Å²) in [7, 11) is -4.14. The van der Waals surface area contributed by atoms with Gasteiger partial charge in [0.05, 0.1) is 16.1 Å². The summed E-state index contributed by atoms with van der Waals surface area (Å²) >= 11 is 11.7. The van der Waals surface area contributed by atoms with E-state index in [1.807, 2.05) is 0 Å². The number of rotatable bonds is 6. The minimum atomic E-state index is -4.14. The lowest BCUT2D eigenvalue weighted by atomic mass is 10.2. The van der Waals surface area contributed by atoms with E-state index in [1.165, 1.54) is 24.3 Å². The molecule has 10 heteroatoms. The Morgan fingerprint density at radius 1 is 1.18 bits per heavy atom. The molecule has 0 spiro atoms. The van der Waals surface area contributed by atoms with Crippen molar-refractivity contribution < 1.29 is 22.3 Å². The third kappa shape index (κ3) is 5.01. The van der Waals surface area contributed by atoms with Crippen LogP contribution in [0, 0.1) is 5.82 Å². The topological polar surface area (TPSA) is 84.5 Å². The second-order valence-electron chi connectivity index (χ2n) is 6.22. The number of nitrogens with one attached hydrogen (secondary N) is 2. The molecule has 1 amide bonds. The Kier molecular flexibility index (Phi) is 6.57. The average Bonchev–Trinajstić information content (AvgIpc) is 3.17. The lowest BCUT2D eigenvalue weighted by Gasteiger charge is -2.13. The fraction of sp³-hybridized carbons (Fsp3) is 0.278. The first-order valence-corrected chi connectivity index (χ1v) is 10.7. The van der Waals surface area contributed by atoms with Crippen molar-refractivity contribution in [3.8, 4) is 0 Å². The maximum absolute atomic E-state index is 14.1. The van der Waals surface area contributed by atoms with E-state index in [4.69, 9.17) is 27.9 Å². The van der Waals surface area contributed by atoms with E-state index >= 15 is 0 Å². The minimum Gasteiger partial charge on any atom is -0.377 e. The van der Waals surface area contributed by atoms with Gasteiger partial charge >= 0.3 is 0 Å². The van der Waals surface area contributed by atoms with E-state index in [9.17, 15) is 17.6 Å². The van der Waals surface area contributed by atoms with Crippen LogP contribution in [-0.4, -0.2) is 33.6 Å². The van der Waals surface area contributed by atoms with Crippen LogP contribution in [0.3, 0.4) is 0 Å². The standard InChI is InChI=1S/C18H17Cl2FN2O4S/c19-14-5-4-12(9-15(14)20)23-18(24)11-3-6-16(21)17(8-11)28(25,26)22-10-13-2-1-7-27-13/h3-6,8-9,13,22H,1-2,7,10H2,(H,23,24). The van der Waals surface area contributed by atoms with Crippen molar-refractivity contribution in [2.24, 2.45) is 0 Å². The molecule has 6 nitrogen and oxygen atoms in total. The molecule has 2 aromatic carbocycles. The highest BCUT2D eigenvalue weighted by Gasteiger charge is 2.24. The summed E-state index contributed by atoms with van der Waals surface area (Å²) in [6, 6.07) is 7.61. The van der Waals surface area contributed by atoms with Crippen LogP contribution in [0.1, 0.15) is 23.2 Å². The summed E-state index contributed by atoms with van der Waals surface area (Å²) in [5, 5.41) is 3.14. The number of sulfonamides is 1. The van der Waals surface area contributed by atoms with Crippen molar-refractivity contribution in [2.45, 2.75) is 23.8 Å². The van der Waals surface area contributed by atoms with Gasteiger partial charge in [0.25, 0.3) is 5.91 Å². The normalized spacial score (nSPS) is 16.9. The lowest BCUT2D eigenvalue weighted by molar-refractivity contribution is 0.102. The molecule has 2 N–H and O–H groups in total. The van der Waals surface area contributed by atoms with E-state index in [0.717, 1.165) is 25.0 Å². The highest BCUT2D eigenvalue weighted by Crippen LogP contribution is 2.25. The Morgan fingerprint density at radius 3 is 2.64 bits per heavy atom.